The molecule has 2 N–H and O–H groups in total. The highest BCUT2D eigenvalue weighted by atomic mass is 19.3. The van der Waals surface area contributed by atoms with Crippen molar-refractivity contribution < 1.29 is 13.5 Å². The molecule has 0 atom stereocenters. The Morgan fingerprint density at radius 2 is 2.12 bits per heavy atom. The maximum atomic E-state index is 12.6. The molecule has 2 nitrogen and oxygen atoms in total. The zero-order chi connectivity index (χ0) is 12.5. The van der Waals surface area contributed by atoms with E-state index in [0.29, 0.717) is 12.2 Å². The fourth-order valence-electron chi connectivity index (χ4n) is 1.92. The zero-order valence-corrected chi connectivity index (χ0v) is 9.88. The third kappa shape index (κ3) is 2.94. The Balaban J connectivity index is 2.13. The lowest BCUT2D eigenvalue weighted by molar-refractivity contribution is 0.151. The van der Waals surface area contributed by atoms with Crippen LogP contribution >= 0.6 is 0 Å². The van der Waals surface area contributed by atoms with Crippen LogP contribution in [0.25, 0.3) is 0 Å². The van der Waals surface area contributed by atoms with Gasteiger partial charge < -0.3 is 10.5 Å². The van der Waals surface area contributed by atoms with Gasteiger partial charge in [-0.2, -0.15) is 0 Å². The van der Waals surface area contributed by atoms with Crippen LogP contribution < -0.4 is 10.5 Å². The first-order valence-electron chi connectivity index (χ1n) is 5.78. The molecule has 0 unspecified atom stereocenters. The monoisotopic (exact) mass is 241 g/mol. The number of hydrogen-bond acceptors (Lipinski definition) is 2. The van der Waals surface area contributed by atoms with Crippen LogP contribution in [0.3, 0.4) is 0 Å². The maximum Gasteiger partial charge on any atom is 0.263 e. The Morgan fingerprint density at radius 3 is 2.65 bits per heavy atom. The fraction of sp³-hybridized carbons (Fsp3) is 0.538. The predicted octanol–water partition coefficient (Wildman–Crippen LogP) is 3.06. The van der Waals surface area contributed by atoms with Gasteiger partial charge in [0.15, 0.2) is 0 Å². The van der Waals surface area contributed by atoms with E-state index < -0.39 is 6.43 Å². The van der Waals surface area contributed by atoms with Crippen LogP contribution in [0.15, 0.2) is 18.2 Å². The van der Waals surface area contributed by atoms with Crippen molar-refractivity contribution >= 4 is 0 Å². The van der Waals surface area contributed by atoms with Gasteiger partial charge in [0.1, 0.15) is 5.75 Å². The topological polar surface area (TPSA) is 35.2 Å². The number of methoxy groups -OCH3 is 1. The lowest BCUT2D eigenvalue weighted by atomic mass is 10.0. The summed E-state index contributed by atoms with van der Waals surface area (Å²) in [7, 11) is 1.55. The summed E-state index contributed by atoms with van der Waals surface area (Å²) in [5.41, 5.74) is 6.80. The van der Waals surface area contributed by atoms with Crippen molar-refractivity contribution in [3.05, 3.63) is 29.3 Å². The van der Waals surface area contributed by atoms with Crippen molar-refractivity contribution in [2.75, 3.05) is 7.11 Å². The lowest BCUT2D eigenvalue weighted by Crippen LogP contribution is -2.22. The van der Waals surface area contributed by atoms with E-state index in [1.807, 2.05) is 0 Å². The molecule has 1 aliphatic rings. The molecule has 1 aromatic rings. The molecule has 0 aliphatic heterocycles. The summed E-state index contributed by atoms with van der Waals surface area (Å²) < 4.78 is 30.4. The number of hydrogen-bond donors (Lipinski definition) is 1. The summed E-state index contributed by atoms with van der Waals surface area (Å²) in [5, 5.41) is 0. The molecule has 1 aliphatic carbocycles. The van der Waals surface area contributed by atoms with Gasteiger partial charge in [-0.15, -0.1) is 0 Å². The van der Waals surface area contributed by atoms with Crippen molar-refractivity contribution in [2.45, 2.75) is 37.6 Å². The summed E-state index contributed by atoms with van der Waals surface area (Å²) >= 11 is 0. The molecule has 0 spiro atoms. The van der Waals surface area contributed by atoms with Crippen LogP contribution in [-0.2, 0) is 6.42 Å². The summed E-state index contributed by atoms with van der Waals surface area (Å²) in [5.74, 6) is 0.665. The number of nitrogens with two attached hydrogens (primary N) is 1. The lowest BCUT2D eigenvalue weighted by Gasteiger charge is -2.13. The number of rotatable bonds is 5. The molecular formula is C13H17F2NO. The van der Waals surface area contributed by atoms with E-state index in [1.165, 1.54) is 12.1 Å². The van der Waals surface area contributed by atoms with E-state index in [9.17, 15) is 8.78 Å². The molecule has 94 valence electrons. The second-order valence-electron chi connectivity index (χ2n) is 4.73. The first kappa shape index (κ1) is 12.3. The van der Waals surface area contributed by atoms with Crippen LogP contribution in [0.4, 0.5) is 8.78 Å². The van der Waals surface area contributed by atoms with E-state index in [2.05, 4.69) is 0 Å². The molecule has 0 amide bonds. The second-order valence-corrected chi connectivity index (χ2v) is 4.73. The molecule has 17 heavy (non-hydrogen) atoms. The van der Waals surface area contributed by atoms with Gasteiger partial charge in [0.2, 0.25) is 0 Å². The van der Waals surface area contributed by atoms with Gasteiger partial charge in [0.25, 0.3) is 6.43 Å². The minimum Gasteiger partial charge on any atom is -0.496 e. The van der Waals surface area contributed by atoms with Gasteiger partial charge in [-0.3, -0.25) is 0 Å². The van der Waals surface area contributed by atoms with Crippen molar-refractivity contribution in [1.29, 1.82) is 0 Å². The molecule has 0 heterocycles. The van der Waals surface area contributed by atoms with Gasteiger partial charge in [0.05, 0.1) is 7.11 Å². The van der Waals surface area contributed by atoms with Crippen molar-refractivity contribution in [3.8, 4) is 5.75 Å². The van der Waals surface area contributed by atoms with Crippen LogP contribution in [0.1, 0.15) is 36.8 Å². The predicted molar refractivity (Wildman–Crippen MR) is 62.4 cm³/mol. The highest BCUT2D eigenvalue weighted by Crippen LogP contribution is 2.38. The maximum absolute atomic E-state index is 12.6. The first-order chi connectivity index (χ1) is 8.04. The minimum absolute atomic E-state index is 0.0441. The van der Waals surface area contributed by atoms with Gasteiger partial charge in [-0.05, 0) is 49.4 Å². The van der Waals surface area contributed by atoms with Gasteiger partial charge in [-0.25, -0.2) is 8.78 Å². The molecule has 2 rings (SSSR count). The van der Waals surface area contributed by atoms with Crippen LogP contribution in [-0.4, -0.2) is 12.6 Å². The van der Waals surface area contributed by atoms with Gasteiger partial charge in [0, 0.05) is 11.1 Å². The van der Waals surface area contributed by atoms with Crippen LogP contribution in [0, 0.1) is 0 Å². The molecule has 4 heteroatoms. The molecule has 0 bridgehead atoms. The number of alkyl halides is 2. The SMILES string of the molecule is COc1ccc(C(F)F)cc1CCC1(N)CC1. The van der Waals surface area contributed by atoms with Crippen LogP contribution in [0.5, 0.6) is 5.75 Å². The number of halogens is 2. The Bertz CT molecular complexity index is 402. The van der Waals surface area contributed by atoms with Crippen molar-refractivity contribution in [1.82, 2.24) is 0 Å². The quantitative estimate of drug-likeness (QED) is 0.859. The summed E-state index contributed by atoms with van der Waals surface area (Å²) in [4.78, 5) is 0. The average Bonchev–Trinajstić information content (AvgIpc) is 3.05. The Kier molecular flexibility index (Phi) is 3.33. The Labute approximate surface area is 99.8 Å². The van der Waals surface area contributed by atoms with E-state index in [1.54, 1.807) is 13.2 Å². The normalized spacial score (nSPS) is 17.2. The highest BCUT2D eigenvalue weighted by molar-refractivity contribution is 5.38. The van der Waals surface area contributed by atoms with E-state index in [0.717, 1.165) is 24.8 Å². The number of benzene rings is 1. The summed E-state index contributed by atoms with van der Waals surface area (Å²) in [6.07, 6.45) is 1.15. The van der Waals surface area contributed by atoms with E-state index in [-0.39, 0.29) is 11.1 Å². The zero-order valence-electron chi connectivity index (χ0n) is 9.88. The third-order valence-corrected chi connectivity index (χ3v) is 3.34. The fourth-order valence-corrected chi connectivity index (χ4v) is 1.92. The molecule has 0 saturated heterocycles. The second kappa shape index (κ2) is 4.61. The molecule has 0 aromatic heterocycles. The largest absolute Gasteiger partial charge is 0.496 e. The minimum atomic E-state index is -2.44. The number of aryl methyl sites for hydroxylation is 1. The van der Waals surface area contributed by atoms with E-state index in [4.69, 9.17) is 10.5 Å². The summed E-state index contributed by atoms with van der Waals surface area (Å²) in [6.45, 7) is 0. The van der Waals surface area contributed by atoms with Crippen molar-refractivity contribution in [3.63, 3.8) is 0 Å². The molecule has 0 radical (unpaired) electrons. The molecular weight excluding hydrogens is 224 g/mol. The average molecular weight is 241 g/mol. The number of ether oxygens (including phenoxy) is 1. The Morgan fingerprint density at radius 1 is 1.41 bits per heavy atom. The standard InChI is InChI=1S/C13H17F2NO/c1-17-11-3-2-10(12(14)15)8-9(11)4-5-13(16)6-7-13/h2-3,8,12H,4-7,16H2,1H3. The van der Waals surface area contributed by atoms with Crippen LogP contribution in [0.2, 0.25) is 0 Å². The highest BCUT2D eigenvalue weighted by Gasteiger charge is 2.37. The smallest absolute Gasteiger partial charge is 0.263 e. The Hall–Kier alpha value is -1.16. The molecule has 1 aromatic carbocycles. The molecule has 1 fully saturated rings. The first-order valence-corrected chi connectivity index (χ1v) is 5.78. The van der Waals surface area contributed by atoms with Gasteiger partial charge in [-0.1, -0.05) is 0 Å². The van der Waals surface area contributed by atoms with Crippen molar-refractivity contribution in [2.24, 2.45) is 5.73 Å². The third-order valence-electron chi connectivity index (χ3n) is 3.34. The van der Waals surface area contributed by atoms with Gasteiger partial charge >= 0.3 is 0 Å². The van der Waals surface area contributed by atoms with E-state index >= 15 is 0 Å². The molecule has 1 saturated carbocycles. The summed E-state index contributed by atoms with van der Waals surface area (Å²) in [6, 6.07) is 4.53.